The van der Waals surface area contributed by atoms with Gasteiger partial charge >= 0.3 is 0 Å². The van der Waals surface area contributed by atoms with E-state index < -0.39 is 0 Å². The van der Waals surface area contributed by atoms with Crippen molar-refractivity contribution in [2.45, 2.75) is 19.4 Å². The Morgan fingerprint density at radius 1 is 1.14 bits per heavy atom. The van der Waals surface area contributed by atoms with Crippen LogP contribution in [0.15, 0.2) is 65.8 Å². The van der Waals surface area contributed by atoms with Crippen LogP contribution in [0.25, 0.3) is 17.2 Å². The van der Waals surface area contributed by atoms with Gasteiger partial charge in [0.2, 0.25) is 17.6 Å². The van der Waals surface area contributed by atoms with Crippen LogP contribution in [0.3, 0.4) is 0 Å². The Labute approximate surface area is 160 Å². The molecule has 4 aromatic heterocycles. The number of carbonyl (C=O) groups is 1. The minimum Gasteiger partial charge on any atom is -0.352 e. The molecule has 28 heavy (non-hydrogen) atoms. The summed E-state index contributed by atoms with van der Waals surface area (Å²) >= 11 is 0. The lowest BCUT2D eigenvalue weighted by molar-refractivity contribution is -0.121. The second-order valence-electron chi connectivity index (χ2n) is 5.97. The van der Waals surface area contributed by atoms with Crippen molar-refractivity contribution in [1.82, 2.24) is 35.2 Å². The summed E-state index contributed by atoms with van der Waals surface area (Å²) < 4.78 is 6.88. The number of carbonyl (C=O) groups excluding carboxylic acids is 1. The van der Waals surface area contributed by atoms with Gasteiger partial charge in [-0.3, -0.25) is 9.78 Å². The summed E-state index contributed by atoms with van der Waals surface area (Å²) in [4.78, 5) is 24.9. The van der Waals surface area contributed by atoms with Crippen molar-refractivity contribution in [3.63, 3.8) is 0 Å². The highest BCUT2D eigenvalue weighted by molar-refractivity contribution is 5.76. The molecule has 4 heterocycles. The van der Waals surface area contributed by atoms with Crippen LogP contribution in [0.2, 0.25) is 0 Å². The van der Waals surface area contributed by atoms with Gasteiger partial charge in [0, 0.05) is 61.5 Å². The van der Waals surface area contributed by atoms with E-state index in [-0.39, 0.29) is 12.3 Å². The van der Waals surface area contributed by atoms with Crippen LogP contribution >= 0.6 is 0 Å². The summed E-state index contributed by atoms with van der Waals surface area (Å²) in [5, 5.41) is 11.0. The number of aryl methyl sites for hydroxylation is 1. The zero-order chi connectivity index (χ0) is 19.2. The zero-order valence-corrected chi connectivity index (χ0v) is 14.9. The van der Waals surface area contributed by atoms with E-state index in [9.17, 15) is 4.79 Å². The molecule has 0 unspecified atom stereocenters. The maximum absolute atomic E-state index is 12.2. The number of rotatable bonds is 7. The molecule has 9 heteroatoms. The van der Waals surface area contributed by atoms with Gasteiger partial charge in [-0.05, 0) is 24.3 Å². The van der Waals surface area contributed by atoms with Crippen LogP contribution < -0.4 is 5.32 Å². The number of nitrogens with one attached hydrogen (secondary N) is 1. The average Bonchev–Trinajstić information content (AvgIpc) is 3.44. The average molecular weight is 375 g/mol. The highest BCUT2D eigenvalue weighted by Gasteiger charge is 2.12. The second kappa shape index (κ2) is 8.21. The van der Waals surface area contributed by atoms with E-state index in [0.717, 1.165) is 11.1 Å². The number of pyridine rings is 2. The van der Waals surface area contributed by atoms with Crippen molar-refractivity contribution in [2.24, 2.45) is 0 Å². The topological polar surface area (TPSA) is 112 Å². The van der Waals surface area contributed by atoms with Gasteiger partial charge in [0.15, 0.2) is 5.82 Å². The van der Waals surface area contributed by atoms with Gasteiger partial charge in [0.1, 0.15) is 0 Å². The van der Waals surface area contributed by atoms with Crippen LogP contribution in [0.4, 0.5) is 0 Å². The fraction of sp³-hybridized carbons (Fsp3) is 0.158. The van der Waals surface area contributed by atoms with Crippen LogP contribution in [0, 0.1) is 0 Å². The monoisotopic (exact) mass is 375 g/mol. The molecule has 4 rings (SSSR count). The lowest BCUT2D eigenvalue weighted by Gasteiger charge is -2.09. The van der Waals surface area contributed by atoms with E-state index >= 15 is 0 Å². The normalized spacial score (nSPS) is 10.7. The first-order valence-corrected chi connectivity index (χ1v) is 8.73. The van der Waals surface area contributed by atoms with Crippen LogP contribution in [0.1, 0.15) is 17.9 Å². The van der Waals surface area contributed by atoms with E-state index in [4.69, 9.17) is 4.52 Å². The SMILES string of the molecule is O=C(CCc1nc(-c2cccnc2)no1)NCc1cccnc1-n1cccn1. The summed E-state index contributed by atoms with van der Waals surface area (Å²) in [7, 11) is 0. The molecule has 0 fully saturated rings. The number of hydrogen-bond donors (Lipinski definition) is 1. The first-order valence-electron chi connectivity index (χ1n) is 8.73. The smallest absolute Gasteiger partial charge is 0.227 e. The van der Waals surface area contributed by atoms with Gasteiger partial charge in [-0.1, -0.05) is 11.2 Å². The van der Waals surface area contributed by atoms with Crippen molar-refractivity contribution in [2.75, 3.05) is 0 Å². The van der Waals surface area contributed by atoms with Gasteiger partial charge in [-0.15, -0.1) is 0 Å². The number of aromatic nitrogens is 6. The molecule has 1 N–H and O–H groups in total. The van der Waals surface area contributed by atoms with Crippen LogP contribution in [0.5, 0.6) is 0 Å². The Bertz CT molecular complexity index is 1050. The Kier molecular flexibility index (Phi) is 5.14. The number of amides is 1. The van der Waals surface area contributed by atoms with Gasteiger partial charge in [-0.25, -0.2) is 9.67 Å². The van der Waals surface area contributed by atoms with Crippen molar-refractivity contribution in [1.29, 1.82) is 0 Å². The maximum Gasteiger partial charge on any atom is 0.227 e. The van der Waals surface area contributed by atoms with Crippen LogP contribution in [-0.2, 0) is 17.8 Å². The largest absolute Gasteiger partial charge is 0.352 e. The molecule has 0 saturated carbocycles. The molecule has 0 radical (unpaired) electrons. The summed E-state index contributed by atoms with van der Waals surface area (Å²) in [6.45, 7) is 0.354. The quantitative estimate of drug-likeness (QED) is 0.525. The van der Waals surface area contributed by atoms with E-state index in [1.54, 1.807) is 35.5 Å². The Balaban J connectivity index is 1.32. The molecule has 4 aromatic rings. The number of hydrogen-bond acceptors (Lipinski definition) is 7. The fourth-order valence-electron chi connectivity index (χ4n) is 2.64. The zero-order valence-electron chi connectivity index (χ0n) is 14.9. The lowest BCUT2D eigenvalue weighted by Crippen LogP contribution is -2.24. The predicted molar refractivity (Wildman–Crippen MR) is 99.1 cm³/mol. The molecule has 0 aromatic carbocycles. The molecule has 0 aliphatic rings. The van der Waals surface area contributed by atoms with Gasteiger partial charge < -0.3 is 9.84 Å². The summed E-state index contributed by atoms with van der Waals surface area (Å²) in [5.74, 6) is 1.44. The fourth-order valence-corrected chi connectivity index (χ4v) is 2.64. The van der Waals surface area contributed by atoms with Crippen molar-refractivity contribution in [3.8, 4) is 17.2 Å². The third kappa shape index (κ3) is 4.09. The third-order valence-corrected chi connectivity index (χ3v) is 4.02. The van der Waals surface area contributed by atoms with E-state index in [1.807, 2.05) is 30.5 Å². The van der Waals surface area contributed by atoms with Gasteiger partial charge in [0.05, 0.1) is 0 Å². The Hall–Kier alpha value is -3.88. The van der Waals surface area contributed by atoms with E-state index in [1.165, 1.54) is 0 Å². The molecular formula is C19H17N7O2. The lowest BCUT2D eigenvalue weighted by atomic mass is 10.2. The summed E-state index contributed by atoms with van der Waals surface area (Å²) in [5.41, 5.74) is 1.64. The van der Waals surface area contributed by atoms with E-state index in [0.29, 0.717) is 30.5 Å². The molecule has 1 amide bonds. The molecule has 0 bridgehead atoms. The highest BCUT2D eigenvalue weighted by atomic mass is 16.5. The highest BCUT2D eigenvalue weighted by Crippen LogP contribution is 2.14. The molecule has 0 aliphatic carbocycles. The Morgan fingerprint density at radius 3 is 2.89 bits per heavy atom. The second-order valence-corrected chi connectivity index (χ2v) is 5.97. The number of nitrogens with zero attached hydrogens (tertiary/aromatic N) is 6. The standard InChI is InChI=1S/C19H17N7O2/c27-16(6-7-17-24-18(25-28-17)14-4-1-8-20-12-14)22-13-15-5-2-9-21-19(15)26-11-3-10-23-26/h1-5,8-12H,6-7,13H2,(H,22,27). The van der Waals surface area contributed by atoms with Crippen molar-refractivity contribution < 1.29 is 9.32 Å². The minimum atomic E-state index is -0.114. The summed E-state index contributed by atoms with van der Waals surface area (Å²) in [6, 6.07) is 9.20. The maximum atomic E-state index is 12.2. The van der Waals surface area contributed by atoms with Gasteiger partial charge in [0.25, 0.3) is 0 Å². The Morgan fingerprint density at radius 2 is 2.07 bits per heavy atom. The summed E-state index contributed by atoms with van der Waals surface area (Å²) in [6.07, 6.45) is 9.12. The van der Waals surface area contributed by atoms with Gasteiger partial charge in [-0.2, -0.15) is 10.1 Å². The van der Waals surface area contributed by atoms with Crippen molar-refractivity contribution >= 4 is 5.91 Å². The molecule has 0 aliphatic heterocycles. The van der Waals surface area contributed by atoms with E-state index in [2.05, 4.69) is 30.5 Å². The molecule has 9 nitrogen and oxygen atoms in total. The molecule has 140 valence electrons. The molecule has 0 saturated heterocycles. The third-order valence-electron chi connectivity index (χ3n) is 4.02. The molecule has 0 spiro atoms. The van der Waals surface area contributed by atoms with Crippen molar-refractivity contribution in [3.05, 3.63) is 72.8 Å². The molecular weight excluding hydrogens is 358 g/mol. The minimum absolute atomic E-state index is 0.114. The molecule has 0 atom stereocenters. The van der Waals surface area contributed by atoms with Crippen LogP contribution in [-0.4, -0.2) is 35.8 Å². The predicted octanol–water partition coefficient (Wildman–Crippen LogP) is 1.96. The first kappa shape index (κ1) is 17.5. The first-order chi connectivity index (χ1) is 13.8.